The zero-order valence-electron chi connectivity index (χ0n) is 13.7. The number of hydrogen-bond donors (Lipinski definition) is 0. The minimum atomic E-state index is -0.314. The van der Waals surface area contributed by atoms with Gasteiger partial charge in [-0.3, -0.25) is 0 Å². The molecule has 0 atom stereocenters. The topological polar surface area (TPSA) is 44.5 Å². The molecule has 1 aromatic heterocycles. The molecule has 0 aliphatic carbocycles. The van der Waals surface area contributed by atoms with Crippen molar-refractivity contribution in [2.24, 2.45) is 0 Å². The number of halogens is 2. The van der Waals surface area contributed by atoms with Gasteiger partial charge in [0.1, 0.15) is 17.8 Å². The standard InChI is InChI=1S/C19H15ClFNO3S/c20-15-4-13-7-23-11-25-18(13)14(5-15)9-26-10-17-8-24-19(22-17)12-2-1-3-16(21)6-12/h1-6,8H,7,9-11H2. The van der Waals surface area contributed by atoms with Crippen molar-refractivity contribution < 1.29 is 18.3 Å². The summed E-state index contributed by atoms with van der Waals surface area (Å²) >= 11 is 7.86. The van der Waals surface area contributed by atoms with Gasteiger partial charge >= 0.3 is 0 Å². The van der Waals surface area contributed by atoms with Crippen LogP contribution in [-0.2, 0) is 22.8 Å². The molecule has 0 fully saturated rings. The number of nitrogens with zero attached hydrogens (tertiary/aromatic N) is 1. The van der Waals surface area contributed by atoms with Crippen LogP contribution in [0, 0.1) is 5.82 Å². The number of ether oxygens (including phenoxy) is 2. The molecule has 1 aliphatic heterocycles. The number of hydrogen-bond acceptors (Lipinski definition) is 5. The highest BCUT2D eigenvalue weighted by Gasteiger charge is 2.16. The first-order chi connectivity index (χ1) is 12.7. The molecule has 7 heteroatoms. The van der Waals surface area contributed by atoms with Crippen LogP contribution in [0.25, 0.3) is 11.5 Å². The van der Waals surface area contributed by atoms with Crippen molar-refractivity contribution in [3.63, 3.8) is 0 Å². The highest BCUT2D eigenvalue weighted by Crippen LogP contribution is 2.34. The van der Waals surface area contributed by atoms with Crippen molar-refractivity contribution in [3.05, 3.63) is 70.3 Å². The van der Waals surface area contributed by atoms with Crippen molar-refractivity contribution in [1.82, 2.24) is 4.98 Å². The third-order valence-corrected chi connectivity index (χ3v) is 5.12. The fraction of sp³-hybridized carbons (Fsp3) is 0.211. The highest BCUT2D eigenvalue weighted by molar-refractivity contribution is 7.97. The van der Waals surface area contributed by atoms with Crippen molar-refractivity contribution in [2.45, 2.75) is 18.1 Å². The third-order valence-electron chi connectivity index (χ3n) is 3.88. The second-order valence-corrected chi connectivity index (χ2v) is 7.23. The minimum Gasteiger partial charge on any atom is -0.467 e. The van der Waals surface area contributed by atoms with E-state index in [0.717, 1.165) is 28.3 Å². The molecule has 3 aromatic rings. The Morgan fingerprint density at radius 1 is 1.19 bits per heavy atom. The first kappa shape index (κ1) is 17.4. The Morgan fingerprint density at radius 3 is 3.00 bits per heavy atom. The molecule has 0 saturated heterocycles. The molecule has 134 valence electrons. The zero-order valence-corrected chi connectivity index (χ0v) is 15.3. The Hall–Kier alpha value is -2.02. The van der Waals surface area contributed by atoms with E-state index in [-0.39, 0.29) is 12.6 Å². The predicted molar refractivity (Wildman–Crippen MR) is 98.6 cm³/mol. The average Bonchev–Trinajstić information content (AvgIpc) is 3.10. The monoisotopic (exact) mass is 391 g/mol. The van der Waals surface area contributed by atoms with Crippen LogP contribution in [0.2, 0.25) is 5.02 Å². The molecular formula is C19H15ClFNO3S. The maximum Gasteiger partial charge on any atom is 0.226 e. The van der Waals surface area contributed by atoms with E-state index in [4.69, 9.17) is 25.5 Å². The Labute approximate surface area is 159 Å². The SMILES string of the molecule is Fc1cccc(-c2nc(CSCc3cc(Cl)cc4c3OCOC4)co2)c1. The summed E-state index contributed by atoms with van der Waals surface area (Å²) in [4.78, 5) is 4.43. The number of aromatic nitrogens is 1. The molecule has 4 nitrogen and oxygen atoms in total. The summed E-state index contributed by atoms with van der Waals surface area (Å²) in [5.74, 6) is 2.35. The second kappa shape index (κ2) is 7.70. The second-order valence-electron chi connectivity index (χ2n) is 5.81. The third kappa shape index (κ3) is 3.87. The molecule has 0 saturated carbocycles. The number of oxazole rings is 1. The van der Waals surface area contributed by atoms with Crippen LogP contribution >= 0.6 is 23.4 Å². The molecular weight excluding hydrogens is 377 g/mol. The van der Waals surface area contributed by atoms with E-state index in [1.165, 1.54) is 12.1 Å². The molecule has 2 aromatic carbocycles. The fourth-order valence-electron chi connectivity index (χ4n) is 2.76. The molecule has 4 rings (SSSR count). The van der Waals surface area contributed by atoms with Crippen LogP contribution in [0.1, 0.15) is 16.8 Å². The summed E-state index contributed by atoms with van der Waals surface area (Å²) in [5.41, 5.74) is 3.43. The Bertz CT molecular complexity index is 931. The van der Waals surface area contributed by atoms with E-state index in [1.807, 2.05) is 12.1 Å². The largest absolute Gasteiger partial charge is 0.467 e. The lowest BCUT2D eigenvalue weighted by molar-refractivity contribution is -0.0168. The fourth-order valence-corrected chi connectivity index (χ4v) is 3.90. The summed E-state index contributed by atoms with van der Waals surface area (Å²) in [6.07, 6.45) is 1.60. The predicted octanol–water partition coefficient (Wildman–Crippen LogP) is 5.43. The van der Waals surface area contributed by atoms with Crippen molar-refractivity contribution in [2.75, 3.05) is 6.79 Å². The Balaban J connectivity index is 1.42. The number of fused-ring (bicyclic) bond motifs is 1. The summed E-state index contributed by atoms with van der Waals surface area (Å²) in [6.45, 7) is 0.764. The number of rotatable bonds is 5. The van der Waals surface area contributed by atoms with Gasteiger partial charge in [0.05, 0.1) is 12.3 Å². The lowest BCUT2D eigenvalue weighted by Gasteiger charge is -2.21. The molecule has 0 bridgehead atoms. The van der Waals surface area contributed by atoms with E-state index in [2.05, 4.69) is 4.98 Å². The minimum absolute atomic E-state index is 0.257. The molecule has 0 amide bonds. The van der Waals surface area contributed by atoms with Gasteiger partial charge in [0.2, 0.25) is 5.89 Å². The molecule has 0 spiro atoms. The van der Waals surface area contributed by atoms with Crippen LogP contribution in [0.5, 0.6) is 5.75 Å². The first-order valence-corrected chi connectivity index (χ1v) is 9.52. The van der Waals surface area contributed by atoms with Gasteiger partial charge in [-0.05, 0) is 30.3 Å². The Morgan fingerprint density at radius 2 is 2.12 bits per heavy atom. The lowest BCUT2D eigenvalue weighted by Crippen LogP contribution is -2.12. The van der Waals surface area contributed by atoms with Gasteiger partial charge in [0.25, 0.3) is 0 Å². The van der Waals surface area contributed by atoms with Crippen LogP contribution in [0.3, 0.4) is 0 Å². The van der Waals surface area contributed by atoms with Gasteiger partial charge in [-0.2, -0.15) is 11.8 Å². The van der Waals surface area contributed by atoms with E-state index in [1.54, 1.807) is 30.2 Å². The Kier molecular flexibility index (Phi) is 5.15. The number of benzene rings is 2. The highest BCUT2D eigenvalue weighted by atomic mass is 35.5. The van der Waals surface area contributed by atoms with E-state index in [0.29, 0.717) is 28.8 Å². The summed E-state index contributed by atoms with van der Waals surface area (Å²) in [7, 11) is 0. The van der Waals surface area contributed by atoms with Gasteiger partial charge in [-0.1, -0.05) is 17.7 Å². The van der Waals surface area contributed by atoms with Crippen LogP contribution in [0.15, 0.2) is 47.1 Å². The molecule has 0 N–H and O–H groups in total. The van der Waals surface area contributed by atoms with Gasteiger partial charge in [-0.15, -0.1) is 0 Å². The molecule has 2 heterocycles. The van der Waals surface area contributed by atoms with Crippen molar-refractivity contribution in [1.29, 1.82) is 0 Å². The van der Waals surface area contributed by atoms with Crippen LogP contribution < -0.4 is 4.74 Å². The zero-order chi connectivity index (χ0) is 17.9. The maximum atomic E-state index is 13.3. The number of thioether (sulfide) groups is 1. The lowest BCUT2D eigenvalue weighted by atomic mass is 10.1. The van der Waals surface area contributed by atoms with E-state index < -0.39 is 0 Å². The van der Waals surface area contributed by atoms with Gasteiger partial charge in [0, 0.05) is 33.2 Å². The van der Waals surface area contributed by atoms with Crippen LogP contribution in [-0.4, -0.2) is 11.8 Å². The molecule has 0 radical (unpaired) electrons. The van der Waals surface area contributed by atoms with Gasteiger partial charge < -0.3 is 13.9 Å². The quantitative estimate of drug-likeness (QED) is 0.580. The smallest absolute Gasteiger partial charge is 0.226 e. The van der Waals surface area contributed by atoms with Crippen molar-refractivity contribution in [3.8, 4) is 17.2 Å². The molecule has 26 heavy (non-hydrogen) atoms. The molecule has 1 aliphatic rings. The summed E-state index contributed by atoms with van der Waals surface area (Å²) in [6, 6.07) is 9.98. The van der Waals surface area contributed by atoms with E-state index >= 15 is 0 Å². The average molecular weight is 392 g/mol. The van der Waals surface area contributed by atoms with Gasteiger partial charge in [-0.25, -0.2) is 9.37 Å². The van der Waals surface area contributed by atoms with Crippen LogP contribution in [0.4, 0.5) is 4.39 Å². The normalized spacial score (nSPS) is 13.3. The van der Waals surface area contributed by atoms with Crippen molar-refractivity contribution >= 4 is 23.4 Å². The van der Waals surface area contributed by atoms with Gasteiger partial charge in [0.15, 0.2) is 6.79 Å². The first-order valence-electron chi connectivity index (χ1n) is 7.99. The molecule has 0 unspecified atom stereocenters. The maximum absolute atomic E-state index is 13.3. The summed E-state index contributed by atoms with van der Waals surface area (Å²) < 4.78 is 29.7. The summed E-state index contributed by atoms with van der Waals surface area (Å²) in [5, 5.41) is 0.670. The van der Waals surface area contributed by atoms with E-state index in [9.17, 15) is 4.39 Å².